The van der Waals surface area contributed by atoms with Crippen LogP contribution in [0.4, 0.5) is 17.3 Å². The molecule has 1 N–H and O–H groups in total. The summed E-state index contributed by atoms with van der Waals surface area (Å²) in [5.74, 6) is 0.876. The molecule has 2 aromatic carbocycles. The van der Waals surface area contributed by atoms with Gasteiger partial charge in [0.25, 0.3) is 0 Å². The van der Waals surface area contributed by atoms with E-state index in [1.807, 2.05) is 36.4 Å². The lowest BCUT2D eigenvalue weighted by atomic mass is 10.1. The maximum Gasteiger partial charge on any atom is 0.673 e. The van der Waals surface area contributed by atoms with Gasteiger partial charge in [-0.3, -0.25) is 0 Å². The molecule has 1 aliphatic rings. The fourth-order valence-corrected chi connectivity index (χ4v) is 3.48. The summed E-state index contributed by atoms with van der Waals surface area (Å²) in [6, 6.07) is 18.7. The summed E-state index contributed by atoms with van der Waals surface area (Å²) in [6.45, 7) is 0. The van der Waals surface area contributed by atoms with Crippen LogP contribution in [0.25, 0.3) is 22.3 Å². The zero-order valence-electron chi connectivity index (χ0n) is 15.0. The second kappa shape index (κ2) is 8.82. The largest absolute Gasteiger partial charge is 0.673 e. The molecule has 1 heterocycles. The SMILES string of the molecule is Clc1ccc2oc(-c3ccccc3)cc(=[NH+]C3CCCC3)c2c1.F[B-](F)(F)F. The van der Waals surface area contributed by atoms with Crippen molar-refractivity contribution in [2.45, 2.75) is 31.7 Å². The average Bonchev–Trinajstić information content (AvgIpc) is 3.14. The molecule has 1 saturated carbocycles. The van der Waals surface area contributed by atoms with Crippen molar-refractivity contribution >= 4 is 29.8 Å². The van der Waals surface area contributed by atoms with Crippen molar-refractivity contribution in [1.29, 1.82) is 0 Å². The van der Waals surface area contributed by atoms with Crippen molar-refractivity contribution < 1.29 is 26.7 Å². The summed E-state index contributed by atoms with van der Waals surface area (Å²) >= 11 is 6.19. The maximum absolute atomic E-state index is 9.75. The molecule has 0 amide bonds. The van der Waals surface area contributed by atoms with E-state index >= 15 is 0 Å². The van der Waals surface area contributed by atoms with Crippen LogP contribution in [0.3, 0.4) is 0 Å². The standard InChI is InChI=1S/C20H18ClNO.BF4/c21-15-10-11-19-17(12-15)18(22-16-8-4-5-9-16)13-20(23-19)14-6-2-1-3-7-14;2-1(3,4)5/h1-3,6-7,10-13,16H,4-5,8-9H2;/q;-1/p+1. The van der Waals surface area contributed by atoms with Gasteiger partial charge in [-0.1, -0.05) is 41.9 Å². The zero-order chi connectivity index (χ0) is 20.1. The summed E-state index contributed by atoms with van der Waals surface area (Å²) in [4.78, 5) is 3.70. The third-order valence-electron chi connectivity index (χ3n) is 4.50. The van der Waals surface area contributed by atoms with E-state index in [-0.39, 0.29) is 0 Å². The van der Waals surface area contributed by atoms with Gasteiger partial charge < -0.3 is 21.7 Å². The van der Waals surface area contributed by atoms with Gasteiger partial charge in [-0.25, -0.2) is 4.99 Å². The minimum absolute atomic E-state index is 0.545. The van der Waals surface area contributed by atoms with Crippen LogP contribution in [0, 0.1) is 0 Å². The van der Waals surface area contributed by atoms with Crippen LogP contribution in [0.1, 0.15) is 25.7 Å². The van der Waals surface area contributed by atoms with Crippen LogP contribution in [0.5, 0.6) is 0 Å². The molecular formula is C20H19BClF4NO. The summed E-state index contributed by atoms with van der Waals surface area (Å²) in [6.07, 6.45) is 5.07. The monoisotopic (exact) mass is 411 g/mol. The Morgan fingerprint density at radius 2 is 1.57 bits per heavy atom. The number of nitrogens with one attached hydrogen (secondary N) is 1. The van der Waals surface area contributed by atoms with Gasteiger partial charge in [0.2, 0.25) is 5.36 Å². The third kappa shape index (κ3) is 5.86. The molecule has 148 valence electrons. The normalized spacial score (nSPS) is 15.5. The van der Waals surface area contributed by atoms with Crippen molar-refractivity contribution in [3.05, 3.63) is 65.0 Å². The van der Waals surface area contributed by atoms with Crippen molar-refractivity contribution in [2.24, 2.45) is 0 Å². The minimum Gasteiger partial charge on any atom is -0.456 e. The van der Waals surface area contributed by atoms with Gasteiger partial charge in [0.1, 0.15) is 11.3 Å². The number of hydrogen-bond donors (Lipinski definition) is 1. The molecular weight excluding hydrogens is 392 g/mol. The Balaban J connectivity index is 0.000000403. The van der Waals surface area contributed by atoms with Crippen molar-refractivity contribution in [3.8, 4) is 11.3 Å². The Hall–Kier alpha value is -2.28. The van der Waals surface area contributed by atoms with Gasteiger partial charge in [0.15, 0.2) is 6.04 Å². The Morgan fingerprint density at radius 1 is 0.929 bits per heavy atom. The molecule has 0 atom stereocenters. The first-order valence-electron chi connectivity index (χ1n) is 9.05. The molecule has 2 nitrogen and oxygen atoms in total. The van der Waals surface area contributed by atoms with Gasteiger partial charge in [-0.2, -0.15) is 0 Å². The van der Waals surface area contributed by atoms with Crippen LogP contribution in [-0.2, 0) is 0 Å². The molecule has 8 heteroatoms. The first-order chi connectivity index (χ1) is 13.3. The highest BCUT2D eigenvalue weighted by molar-refractivity contribution is 6.50. The van der Waals surface area contributed by atoms with Crippen molar-refractivity contribution in [1.82, 2.24) is 0 Å². The Morgan fingerprint density at radius 3 is 2.21 bits per heavy atom. The summed E-state index contributed by atoms with van der Waals surface area (Å²) in [5, 5.41) is 2.89. The highest BCUT2D eigenvalue weighted by Crippen LogP contribution is 2.23. The van der Waals surface area contributed by atoms with Crippen LogP contribution in [0.2, 0.25) is 5.02 Å². The third-order valence-corrected chi connectivity index (χ3v) is 4.74. The lowest BCUT2D eigenvalue weighted by Gasteiger charge is -2.04. The summed E-state index contributed by atoms with van der Waals surface area (Å²) in [5.41, 5.74) is 1.94. The molecule has 28 heavy (non-hydrogen) atoms. The van der Waals surface area contributed by atoms with Gasteiger partial charge in [0.05, 0.1) is 11.5 Å². The second-order valence-corrected chi connectivity index (χ2v) is 7.09. The molecule has 0 bridgehead atoms. The lowest BCUT2D eigenvalue weighted by molar-refractivity contribution is -0.540. The van der Waals surface area contributed by atoms with E-state index in [1.54, 1.807) is 0 Å². The first-order valence-corrected chi connectivity index (χ1v) is 9.43. The van der Waals surface area contributed by atoms with E-state index in [1.165, 1.54) is 25.7 Å². The fourth-order valence-electron chi connectivity index (χ4n) is 3.31. The van der Waals surface area contributed by atoms with Gasteiger partial charge >= 0.3 is 7.25 Å². The lowest BCUT2D eigenvalue weighted by Crippen LogP contribution is -2.82. The summed E-state index contributed by atoms with van der Waals surface area (Å²) < 4.78 is 45.1. The van der Waals surface area contributed by atoms with Crippen LogP contribution in [0.15, 0.2) is 59.0 Å². The number of halogens is 5. The maximum atomic E-state index is 9.75. The predicted octanol–water partition coefficient (Wildman–Crippen LogP) is 4.98. The molecule has 3 aromatic rings. The molecule has 1 aromatic heterocycles. The molecule has 0 saturated heterocycles. The van der Waals surface area contributed by atoms with Crippen molar-refractivity contribution in [2.75, 3.05) is 0 Å². The summed E-state index contributed by atoms with van der Waals surface area (Å²) in [7, 11) is -6.00. The van der Waals surface area contributed by atoms with Crippen LogP contribution in [-0.4, -0.2) is 13.3 Å². The van der Waals surface area contributed by atoms with Gasteiger partial charge in [-0.05, 0) is 31.0 Å². The van der Waals surface area contributed by atoms with E-state index < -0.39 is 7.25 Å². The van der Waals surface area contributed by atoms with E-state index in [0.29, 0.717) is 6.04 Å². The molecule has 0 radical (unpaired) electrons. The van der Waals surface area contributed by atoms with E-state index in [9.17, 15) is 17.3 Å². The van der Waals surface area contributed by atoms with Gasteiger partial charge in [-0.15, -0.1) is 0 Å². The van der Waals surface area contributed by atoms with E-state index in [2.05, 4.69) is 23.2 Å². The predicted molar refractivity (Wildman–Crippen MR) is 103 cm³/mol. The number of rotatable bonds is 2. The van der Waals surface area contributed by atoms with E-state index in [0.717, 1.165) is 32.7 Å². The quantitative estimate of drug-likeness (QED) is 0.467. The highest BCUT2D eigenvalue weighted by atomic mass is 35.5. The molecule has 0 spiro atoms. The van der Waals surface area contributed by atoms with Crippen LogP contribution < -0.4 is 10.3 Å². The molecule has 1 aliphatic carbocycles. The van der Waals surface area contributed by atoms with Gasteiger partial charge in [0, 0.05) is 23.4 Å². The molecule has 1 fully saturated rings. The topological polar surface area (TPSA) is 27.1 Å². The van der Waals surface area contributed by atoms with Crippen LogP contribution >= 0.6 is 11.6 Å². The smallest absolute Gasteiger partial charge is 0.456 e. The first kappa shape index (κ1) is 20.5. The zero-order valence-corrected chi connectivity index (χ0v) is 15.7. The molecule has 4 rings (SSSR count). The fraction of sp³-hybridized carbons (Fsp3) is 0.250. The number of hydrogen-bond acceptors (Lipinski definition) is 1. The Kier molecular flexibility index (Phi) is 6.44. The number of fused-ring (bicyclic) bond motifs is 1. The molecule has 0 unspecified atom stereocenters. The minimum atomic E-state index is -6.00. The average molecular weight is 412 g/mol. The molecule has 0 aliphatic heterocycles. The number of benzene rings is 2. The Bertz CT molecular complexity index is 992. The highest BCUT2D eigenvalue weighted by Gasteiger charge is 2.21. The van der Waals surface area contributed by atoms with Crippen molar-refractivity contribution in [3.63, 3.8) is 0 Å². The van der Waals surface area contributed by atoms with E-state index in [4.69, 9.17) is 16.0 Å². The second-order valence-electron chi connectivity index (χ2n) is 6.65. The Labute approximate surface area is 165 Å².